The third kappa shape index (κ3) is 3.32. The number of carbonyl (C=O) groups excluding carboxylic acids is 2. The number of carbonyl (C=O) groups is 2. The van der Waals surface area contributed by atoms with Crippen LogP contribution >= 0.6 is 0 Å². The van der Waals surface area contributed by atoms with E-state index >= 15 is 0 Å². The molecule has 4 rings (SSSR count). The van der Waals surface area contributed by atoms with Crippen molar-refractivity contribution < 1.29 is 19.2 Å². The molecular weight excluding hydrogens is 340 g/mol. The highest BCUT2D eigenvalue weighted by Gasteiger charge is 2.25. The molecule has 0 radical (unpaired) electrons. The first-order chi connectivity index (χ1) is 12.6. The summed E-state index contributed by atoms with van der Waals surface area (Å²) in [6.07, 6.45) is 3.72. The lowest BCUT2D eigenvalue weighted by atomic mass is 10.1. The molecule has 1 saturated carbocycles. The molecule has 0 aromatic carbocycles. The van der Waals surface area contributed by atoms with E-state index in [1.807, 2.05) is 0 Å². The van der Waals surface area contributed by atoms with Crippen LogP contribution in [0, 0.1) is 0 Å². The molecule has 26 heavy (non-hydrogen) atoms. The Labute approximate surface area is 149 Å². The van der Waals surface area contributed by atoms with E-state index in [4.69, 9.17) is 4.52 Å². The van der Waals surface area contributed by atoms with Crippen molar-refractivity contribution >= 4 is 11.8 Å². The number of hydrogen-bond donors (Lipinski definition) is 3. The fraction of sp³-hybridized carbons (Fsp3) is 0.562. The quantitative estimate of drug-likeness (QED) is 0.696. The van der Waals surface area contributed by atoms with E-state index in [9.17, 15) is 14.7 Å². The summed E-state index contributed by atoms with van der Waals surface area (Å²) >= 11 is 0. The van der Waals surface area contributed by atoms with E-state index in [0.717, 1.165) is 12.8 Å². The van der Waals surface area contributed by atoms with Crippen molar-refractivity contribution in [3.63, 3.8) is 0 Å². The van der Waals surface area contributed by atoms with Gasteiger partial charge >= 0.3 is 0 Å². The lowest BCUT2D eigenvalue weighted by molar-refractivity contribution is 0.0931. The summed E-state index contributed by atoms with van der Waals surface area (Å²) in [5.74, 6) is 0.550. The zero-order valence-electron chi connectivity index (χ0n) is 14.1. The Bertz CT molecular complexity index is 823. The van der Waals surface area contributed by atoms with Gasteiger partial charge in [-0.3, -0.25) is 14.3 Å². The molecule has 2 aliphatic rings. The van der Waals surface area contributed by atoms with Gasteiger partial charge in [-0.15, -0.1) is 0 Å². The Kier molecular flexibility index (Phi) is 4.41. The minimum atomic E-state index is -0.746. The third-order valence-electron chi connectivity index (χ3n) is 4.72. The molecule has 1 aliphatic carbocycles. The second-order valence-corrected chi connectivity index (χ2v) is 6.67. The molecule has 2 aromatic rings. The van der Waals surface area contributed by atoms with Crippen molar-refractivity contribution in [1.82, 2.24) is 30.6 Å². The zero-order chi connectivity index (χ0) is 18.1. The van der Waals surface area contributed by atoms with Gasteiger partial charge in [0.25, 0.3) is 11.8 Å². The van der Waals surface area contributed by atoms with E-state index in [1.165, 1.54) is 23.6 Å². The molecule has 10 nitrogen and oxygen atoms in total. The number of amides is 2. The first-order valence-corrected chi connectivity index (χ1v) is 8.75. The zero-order valence-corrected chi connectivity index (χ0v) is 14.1. The fourth-order valence-electron chi connectivity index (χ4n) is 3.34. The van der Waals surface area contributed by atoms with Crippen molar-refractivity contribution in [2.24, 2.45) is 0 Å². The number of aromatic nitrogens is 4. The Morgan fingerprint density at radius 1 is 1.42 bits per heavy atom. The van der Waals surface area contributed by atoms with E-state index in [-0.39, 0.29) is 36.9 Å². The predicted molar refractivity (Wildman–Crippen MR) is 87.2 cm³/mol. The van der Waals surface area contributed by atoms with Crippen molar-refractivity contribution in [3.8, 4) is 0 Å². The van der Waals surface area contributed by atoms with Crippen LogP contribution in [0.2, 0.25) is 0 Å². The number of aliphatic hydroxyl groups excluding tert-OH is 1. The summed E-state index contributed by atoms with van der Waals surface area (Å²) in [5, 5.41) is 23.0. The minimum absolute atomic E-state index is 0.101. The van der Waals surface area contributed by atoms with Crippen LogP contribution < -0.4 is 10.6 Å². The first kappa shape index (κ1) is 16.7. The summed E-state index contributed by atoms with van der Waals surface area (Å²) in [6.45, 7) is 0.424. The molecule has 0 spiro atoms. The molecule has 2 aromatic heterocycles. The topological polar surface area (TPSA) is 135 Å². The first-order valence-electron chi connectivity index (χ1n) is 8.75. The van der Waals surface area contributed by atoms with E-state index in [1.54, 1.807) is 0 Å². The van der Waals surface area contributed by atoms with Gasteiger partial charge in [-0.25, -0.2) is 0 Å². The number of fused-ring (bicyclic) bond motifs is 1. The van der Waals surface area contributed by atoms with Crippen LogP contribution in [0.4, 0.5) is 0 Å². The SMILES string of the molecule is O=C(NCc1noc(C2CCCC2)n1)c1cc2n(n1)CC(O)CNC2=O. The van der Waals surface area contributed by atoms with E-state index < -0.39 is 12.0 Å². The van der Waals surface area contributed by atoms with Gasteiger partial charge in [-0.1, -0.05) is 18.0 Å². The van der Waals surface area contributed by atoms with Gasteiger partial charge in [0.05, 0.1) is 19.2 Å². The third-order valence-corrected chi connectivity index (χ3v) is 4.72. The highest BCUT2D eigenvalue weighted by atomic mass is 16.5. The van der Waals surface area contributed by atoms with Crippen LogP contribution in [0.3, 0.4) is 0 Å². The van der Waals surface area contributed by atoms with Gasteiger partial charge in [0.1, 0.15) is 5.69 Å². The summed E-state index contributed by atoms with van der Waals surface area (Å²) in [7, 11) is 0. The number of β-amino-alcohol motifs (C(OH)–C–C–N with tert-alkyl or cyclic N) is 1. The second-order valence-electron chi connectivity index (χ2n) is 6.67. The summed E-state index contributed by atoms with van der Waals surface area (Å²) in [5.41, 5.74) is 0.346. The van der Waals surface area contributed by atoms with Crippen molar-refractivity contribution in [3.05, 3.63) is 29.2 Å². The van der Waals surface area contributed by atoms with Crippen LogP contribution in [-0.4, -0.2) is 49.5 Å². The van der Waals surface area contributed by atoms with Crippen LogP contribution in [0.15, 0.2) is 10.6 Å². The molecular formula is C16H20N6O4. The number of aliphatic hydroxyl groups is 1. The molecule has 1 atom stereocenters. The Morgan fingerprint density at radius 2 is 2.23 bits per heavy atom. The molecule has 1 fully saturated rings. The van der Waals surface area contributed by atoms with Crippen LogP contribution in [-0.2, 0) is 13.1 Å². The van der Waals surface area contributed by atoms with Gasteiger partial charge in [0, 0.05) is 18.5 Å². The second kappa shape index (κ2) is 6.87. The smallest absolute Gasteiger partial charge is 0.272 e. The Morgan fingerprint density at radius 3 is 3.04 bits per heavy atom. The number of rotatable bonds is 4. The van der Waals surface area contributed by atoms with Gasteiger partial charge in [-0.2, -0.15) is 10.1 Å². The standard InChI is InChI=1S/C16H20N6O4/c23-10-6-17-15(25)12-5-11(20-22(12)8-10)14(24)18-7-13-19-16(26-21-13)9-3-1-2-4-9/h5,9-10,23H,1-4,6-8H2,(H,17,25)(H,18,24). The predicted octanol–water partition coefficient (Wildman–Crippen LogP) is -0.0420. The maximum atomic E-state index is 12.3. The summed E-state index contributed by atoms with van der Waals surface area (Å²) in [4.78, 5) is 28.6. The molecule has 1 unspecified atom stereocenters. The van der Waals surface area contributed by atoms with Crippen LogP contribution in [0.1, 0.15) is 64.3 Å². The van der Waals surface area contributed by atoms with E-state index in [2.05, 4.69) is 25.9 Å². The van der Waals surface area contributed by atoms with Crippen molar-refractivity contribution in [1.29, 1.82) is 0 Å². The van der Waals surface area contributed by atoms with Crippen molar-refractivity contribution in [2.75, 3.05) is 6.54 Å². The van der Waals surface area contributed by atoms with Gasteiger partial charge < -0.3 is 20.3 Å². The normalized spacial score (nSPS) is 20.5. The Balaban J connectivity index is 1.40. The summed E-state index contributed by atoms with van der Waals surface area (Å²) in [6, 6.07) is 1.41. The lowest BCUT2D eigenvalue weighted by Crippen LogP contribution is -2.30. The molecule has 10 heteroatoms. The number of nitrogens with zero attached hydrogens (tertiary/aromatic N) is 4. The highest BCUT2D eigenvalue weighted by molar-refractivity contribution is 5.98. The molecule has 0 saturated heterocycles. The molecule has 3 N–H and O–H groups in total. The number of hydrogen-bond acceptors (Lipinski definition) is 7. The minimum Gasteiger partial charge on any atom is -0.389 e. The highest BCUT2D eigenvalue weighted by Crippen LogP contribution is 2.32. The maximum Gasteiger partial charge on any atom is 0.272 e. The largest absolute Gasteiger partial charge is 0.389 e. The lowest BCUT2D eigenvalue weighted by Gasteiger charge is -2.06. The van der Waals surface area contributed by atoms with E-state index in [0.29, 0.717) is 17.6 Å². The monoisotopic (exact) mass is 360 g/mol. The molecule has 138 valence electrons. The molecule has 1 aliphatic heterocycles. The molecule has 3 heterocycles. The summed E-state index contributed by atoms with van der Waals surface area (Å²) < 4.78 is 6.62. The fourth-order valence-corrected chi connectivity index (χ4v) is 3.34. The van der Waals surface area contributed by atoms with Crippen molar-refractivity contribution in [2.45, 2.75) is 50.8 Å². The maximum absolute atomic E-state index is 12.3. The number of nitrogens with one attached hydrogen (secondary N) is 2. The van der Waals surface area contributed by atoms with Gasteiger partial charge in [-0.05, 0) is 12.8 Å². The molecule has 0 bridgehead atoms. The Hall–Kier alpha value is -2.75. The van der Waals surface area contributed by atoms with Gasteiger partial charge in [0.15, 0.2) is 11.5 Å². The van der Waals surface area contributed by atoms with Crippen LogP contribution in [0.25, 0.3) is 0 Å². The van der Waals surface area contributed by atoms with Gasteiger partial charge in [0.2, 0.25) is 5.89 Å². The average Bonchev–Trinajstić information content (AvgIpc) is 3.35. The van der Waals surface area contributed by atoms with Crippen LogP contribution in [0.5, 0.6) is 0 Å². The average molecular weight is 360 g/mol. The molecule has 2 amide bonds.